The van der Waals surface area contributed by atoms with Crippen molar-refractivity contribution in [2.45, 2.75) is 46.7 Å². The van der Waals surface area contributed by atoms with Crippen LogP contribution in [0.4, 0.5) is 0 Å². The van der Waals surface area contributed by atoms with Crippen LogP contribution in [0, 0.1) is 6.92 Å². The van der Waals surface area contributed by atoms with Crippen molar-refractivity contribution in [3.05, 3.63) is 46.2 Å². The molecule has 1 aromatic heterocycles. The van der Waals surface area contributed by atoms with Crippen LogP contribution in [-0.2, 0) is 17.9 Å². The van der Waals surface area contributed by atoms with Gasteiger partial charge in [-0.3, -0.25) is 9.48 Å². The minimum atomic E-state index is -0.0842. The number of aryl methyl sites for hydroxylation is 2. The van der Waals surface area contributed by atoms with Gasteiger partial charge in [0.2, 0.25) is 5.91 Å². The lowest BCUT2D eigenvalue weighted by molar-refractivity contribution is -0.126. The number of amides is 1. The smallest absolute Gasteiger partial charge is 0.246 e. The summed E-state index contributed by atoms with van der Waals surface area (Å²) in [5.41, 5.74) is 2.57. The predicted octanol–water partition coefficient (Wildman–Crippen LogP) is 4.72. The highest BCUT2D eigenvalue weighted by atomic mass is 35.5. The quantitative estimate of drug-likeness (QED) is 0.522. The predicted molar refractivity (Wildman–Crippen MR) is 117 cm³/mol. The lowest BCUT2D eigenvalue weighted by Gasteiger charge is -2.20. The summed E-state index contributed by atoms with van der Waals surface area (Å²) in [6.07, 6.45) is 5.40. The standard InChI is InChI=1S/C22H30ClN3O3/c1-6-8-13-26-22(23)18(16(3)24-26)10-12-21(27)25(7-2)15-17-9-11-19(28-4)20(14-17)29-5/h9-12,14H,6-8,13,15H2,1-5H3/b12-10+. The SMILES string of the molecule is CCCCn1nc(C)c(/C=C/C(=O)N(CC)Cc2ccc(OC)c(OC)c2)c1Cl. The van der Waals surface area contributed by atoms with Gasteiger partial charge in [0.15, 0.2) is 11.5 Å². The number of nitrogens with zero attached hydrogens (tertiary/aromatic N) is 3. The first-order valence-corrected chi connectivity index (χ1v) is 10.2. The van der Waals surface area contributed by atoms with Crippen LogP contribution in [0.1, 0.15) is 43.5 Å². The summed E-state index contributed by atoms with van der Waals surface area (Å²) in [5, 5.41) is 5.05. The molecule has 2 aromatic rings. The molecule has 158 valence electrons. The van der Waals surface area contributed by atoms with Crippen molar-refractivity contribution in [1.29, 1.82) is 0 Å². The molecule has 0 aliphatic heterocycles. The van der Waals surface area contributed by atoms with Gasteiger partial charge in [-0.15, -0.1) is 0 Å². The Morgan fingerprint density at radius 1 is 1.24 bits per heavy atom. The molecule has 1 heterocycles. The minimum Gasteiger partial charge on any atom is -0.493 e. The first-order chi connectivity index (χ1) is 13.9. The van der Waals surface area contributed by atoms with E-state index in [1.165, 1.54) is 0 Å². The number of halogens is 1. The van der Waals surface area contributed by atoms with Gasteiger partial charge >= 0.3 is 0 Å². The van der Waals surface area contributed by atoms with Gasteiger partial charge in [0.1, 0.15) is 5.15 Å². The number of unbranched alkanes of at least 4 members (excludes halogenated alkanes) is 1. The maximum atomic E-state index is 12.7. The van der Waals surface area contributed by atoms with Gasteiger partial charge < -0.3 is 14.4 Å². The van der Waals surface area contributed by atoms with Crippen LogP contribution in [0.5, 0.6) is 11.5 Å². The van der Waals surface area contributed by atoms with Gasteiger partial charge in [-0.2, -0.15) is 5.10 Å². The van der Waals surface area contributed by atoms with E-state index in [2.05, 4.69) is 12.0 Å². The summed E-state index contributed by atoms with van der Waals surface area (Å²) in [6.45, 7) is 7.82. The largest absolute Gasteiger partial charge is 0.493 e. The first-order valence-electron chi connectivity index (χ1n) is 9.85. The van der Waals surface area contributed by atoms with Gasteiger partial charge in [-0.25, -0.2) is 0 Å². The number of hydrogen-bond acceptors (Lipinski definition) is 4. The van der Waals surface area contributed by atoms with Gasteiger partial charge in [-0.05, 0) is 44.0 Å². The van der Waals surface area contributed by atoms with E-state index >= 15 is 0 Å². The van der Waals surface area contributed by atoms with Crippen molar-refractivity contribution in [3.63, 3.8) is 0 Å². The van der Waals surface area contributed by atoms with E-state index in [1.807, 2.05) is 32.0 Å². The number of ether oxygens (including phenoxy) is 2. The fourth-order valence-electron chi connectivity index (χ4n) is 3.02. The molecule has 0 bridgehead atoms. The summed E-state index contributed by atoms with van der Waals surface area (Å²) in [5.74, 6) is 1.22. The number of aromatic nitrogens is 2. The Morgan fingerprint density at radius 3 is 2.59 bits per heavy atom. The summed E-state index contributed by atoms with van der Waals surface area (Å²) < 4.78 is 12.4. The summed E-state index contributed by atoms with van der Waals surface area (Å²) in [4.78, 5) is 14.5. The van der Waals surface area contributed by atoms with E-state index in [0.29, 0.717) is 29.7 Å². The Labute approximate surface area is 178 Å². The summed E-state index contributed by atoms with van der Waals surface area (Å²) in [6, 6.07) is 5.66. The first kappa shape index (κ1) is 22.8. The second kappa shape index (κ2) is 10.9. The van der Waals surface area contributed by atoms with Gasteiger partial charge in [-0.1, -0.05) is 31.0 Å². The summed E-state index contributed by atoms with van der Waals surface area (Å²) in [7, 11) is 3.20. The molecule has 0 radical (unpaired) electrons. The maximum absolute atomic E-state index is 12.7. The molecule has 29 heavy (non-hydrogen) atoms. The molecule has 0 saturated heterocycles. The molecule has 0 spiro atoms. The Balaban J connectivity index is 2.13. The average Bonchev–Trinajstić information content (AvgIpc) is 3.00. The molecule has 2 rings (SSSR count). The van der Waals surface area contributed by atoms with E-state index in [9.17, 15) is 4.79 Å². The van der Waals surface area contributed by atoms with Gasteiger partial charge in [0.25, 0.3) is 0 Å². The molecule has 0 unspecified atom stereocenters. The zero-order chi connectivity index (χ0) is 21.4. The molecule has 0 atom stereocenters. The zero-order valence-corrected chi connectivity index (χ0v) is 18.6. The fraction of sp³-hybridized carbons (Fsp3) is 0.455. The van der Waals surface area contributed by atoms with Crippen molar-refractivity contribution in [1.82, 2.24) is 14.7 Å². The second-order valence-electron chi connectivity index (χ2n) is 6.74. The number of carbonyl (C=O) groups excluding carboxylic acids is 1. The highest BCUT2D eigenvalue weighted by molar-refractivity contribution is 6.31. The third-order valence-corrected chi connectivity index (χ3v) is 5.14. The summed E-state index contributed by atoms with van der Waals surface area (Å²) >= 11 is 6.45. The maximum Gasteiger partial charge on any atom is 0.246 e. The van der Waals surface area contributed by atoms with Crippen LogP contribution in [0.3, 0.4) is 0 Å². The molecule has 1 amide bonds. The van der Waals surface area contributed by atoms with E-state index in [4.69, 9.17) is 21.1 Å². The Morgan fingerprint density at radius 2 is 1.97 bits per heavy atom. The third kappa shape index (κ3) is 5.76. The Hall–Kier alpha value is -2.47. The van der Waals surface area contributed by atoms with Crippen molar-refractivity contribution in [2.24, 2.45) is 0 Å². The number of likely N-dealkylation sites (N-methyl/N-ethyl adjacent to an activating group) is 1. The van der Waals surface area contributed by atoms with Crippen LogP contribution >= 0.6 is 11.6 Å². The van der Waals surface area contributed by atoms with Crippen LogP contribution in [-0.4, -0.2) is 41.4 Å². The Bertz CT molecular complexity index is 861. The van der Waals surface area contributed by atoms with E-state index in [0.717, 1.165) is 36.2 Å². The molecule has 6 nitrogen and oxygen atoms in total. The van der Waals surface area contributed by atoms with E-state index in [-0.39, 0.29) is 5.91 Å². The molecule has 7 heteroatoms. The highest BCUT2D eigenvalue weighted by Crippen LogP contribution is 2.28. The van der Waals surface area contributed by atoms with Crippen LogP contribution in [0.15, 0.2) is 24.3 Å². The number of rotatable bonds is 10. The zero-order valence-electron chi connectivity index (χ0n) is 17.9. The highest BCUT2D eigenvalue weighted by Gasteiger charge is 2.14. The lowest BCUT2D eigenvalue weighted by atomic mass is 10.1. The fourth-order valence-corrected chi connectivity index (χ4v) is 3.34. The van der Waals surface area contributed by atoms with Crippen molar-refractivity contribution in [3.8, 4) is 11.5 Å². The van der Waals surface area contributed by atoms with E-state index < -0.39 is 0 Å². The number of carbonyl (C=O) groups is 1. The molecule has 0 fully saturated rings. The molecular weight excluding hydrogens is 390 g/mol. The molecule has 0 aliphatic carbocycles. The number of methoxy groups -OCH3 is 2. The molecular formula is C22H30ClN3O3. The molecule has 0 aliphatic rings. The average molecular weight is 420 g/mol. The van der Waals surface area contributed by atoms with E-state index in [1.54, 1.807) is 36.0 Å². The Kier molecular flexibility index (Phi) is 8.58. The normalized spacial score (nSPS) is 11.1. The molecule has 1 aromatic carbocycles. The monoisotopic (exact) mass is 419 g/mol. The van der Waals surface area contributed by atoms with Crippen LogP contribution in [0.2, 0.25) is 5.15 Å². The topological polar surface area (TPSA) is 56.6 Å². The van der Waals surface area contributed by atoms with Crippen molar-refractivity contribution in [2.75, 3.05) is 20.8 Å². The van der Waals surface area contributed by atoms with Crippen molar-refractivity contribution < 1.29 is 14.3 Å². The van der Waals surface area contributed by atoms with Gasteiger partial charge in [0.05, 0.1) is 19.9 Å². The molecule has 0 saturated carbocycles. The lowest BCUT2D eigenvalue weighted by Crippen LogP contribution is -2.28. The van der Waals surface area contributed by atoms with Crippen LogP contribution in [0.25, 0.3) is 6.08 Å². The minimum absolute atomic E-state index is 0.0842. The second-order valence-corrected chi connectivity index (χ2v) is 7.10. The van der Waals surface area contributed by atoms with Crippen molar-refractivity contribution >= 4 is 23.6 Å². The molecule has 0 N–H and O–H groups in total. The number of benzene rings is 1. The van der Waals surface area contributed by atoms with Crippen LogP contribution < -0.4 is 9.47 Å². The third-order valence-electron chi connectivity index (χ3n) is 4.74. The number of hydrogen-bond donors (Lipinski definition) is 0. The van der Waals surface area contributed by atoms with Gasteiger partial charge in [0, 0.05) is 31.3 Å².